The maximum absolute atomic E-state index is 12.3. The summed E-state index contributed by atoms with van der Waals surface area (Å²) in [5, 5.41) is 0.697. The second-order valence-electron chi connectivity index (χ2n) is 5.31. The largest absolute Gasteiger partial charge is 0.339 e. The third-order valence-electron chi connectivity index (χ3n) is 3.77. The van der Waals surface area contributed by atoms with Crippen LogP contribution in [0.1, 0.15) is 26.2 Å². The number of halogens is 1. The third-order valence-corrected chi connectivity index (χ3v) is 6.17. The van der Waals surface area contributed by atoms with E-state index in [4.69, 9.17) is 11.6 Å². The van der Waals surface area contributed by atoms with Crippen molar-refractivity contribution >= 4 is 50.8 Å². The standard InChI is InChI=1S/C15H17ClN2OS2/c1-10-4-2-3-7-18(10)14(19)9-20-15-17-12-8-11(16)5-6-13(12)21-15/h5-6,8,10H,2-4,7,9H2,1H3. The molecular formula is C15H17ClN2OS2. The smallest absolute Gasteiger partial charge is 0.233 e. The highest BCUT2D eigenvalue weighted by atomic mass is 35.5. The summed E-state index contributed by atoms with van der Waals surface area (Å²) in [5.74, 6) is 0.697. The first-order valence-electron chi connectivity index (χ1n) is 7.12. The minimum absolute atomic E-state index is 0.226. The number of rotatable bonds is 3. The number of hydrogen-bond acceptors (Lipinski definition) is 4. The zero-order valence-corrected chi connectivity index (χ0v) is 14.2. The van der Waals surface area contributed by atoms with Gasteiger partial charge in [0, 0.05) is 17.6 Å². The molecule has 112 valence electrons. The lowest BCUT2D eigenvalue weighted by Crippen LogP contribution is -2.42. The van der Waals surface area contributed by atoms with Gasteiger partial charge in [0.15, 0.2) is 4.34 Å². The number of thiazole rings is 1. The van der Waals surface area contributed by atoms with Crippen molar-refractivity contribution in [3.8, 4) is 0 Å². The summed E-state index contributed by atoms with van der Waals surface area (Å²) in [7, 11) is 0. The summed E-state index contributed by atoms with van der Waals surface area (Å²) >= 11 is 9.12. The van der Waals surface area contributed by atoms with Crippen LogP contribution in [0.25, 0.3) is 10.2 Å². The zero-order valence-electron chi connectivity index (χ0n) is 11.8. The Morgan fingerprint density at radius 3 is 3.19 bits per heavy atom. The molecule has 1 aliphatic heterocycles. The van der Waals surface area contributed by atoms with E-state index < -0.39 is 0 Å². The fraction of sp³-hybridized carbons (Fsp3) is 0.467. The van der Waals surface area contributed by atoms with Crippen molar-refractivity contribution in [3.05, 3.63) is 23.2 Å². The molecule has 1 amide bonds. The molecule has 2 aromatic rings. The fourth-order valence-electron chi connectivity index (χ4n) is 2.62. The third kappa shape index (κ3) is 3.52. The van der Waals surface area contributed by atoms with Crippen LogP contribution in [0.15, 0.2) is 22.5 Å². The highest BCUT2D eigenvalue weighted by Gasteiger charge is 2.23. The van der Waals surface area contributed by atoms with Crippen LogP contribution in [-0.2, 0) is 4.79 Å². The summed E-state index contributed by atoms with van der Waals surface area (Å²) < 4.78 is 2.05. The van der Waals surface area contributed by atoms with E-state index in [-0.39, 0.29) is 5.91 Å². The first-order valence-corrected chi connectivity index (χ1v) is 9.30. The maximum atomic E-state index is 12.3. The molecule has 1 aromatic carbocycles. The predicted molar refractivity (Wildman–Crippen MR) is 90.4 cm³/mol. The van der Waals surface area contributed by atoms with E-state index in [0.717, 1.165) is 33.9 Å². The maximum Gasteiger partial charge on any atom is 0.233 e. The van der Waals surface area contributed by atoms with Crippen LogP contribution in [0.3, 0.4) is 0 Å². The Morgan fingerprint density at radius 1 is 1.52 bits per heavy atom. The number of carbonyl (C=O) groups is 1. The second kappa shape index (κ2) is 6.55. The highest BCUT2D eigenvalue weighted by molar-refractivity contribution is 8.01. The number of thioether (sulfide) groups is 1. The average molecular weight is 341 g/mol. The van der Waals surface area contributed by atoms with Gasteiger partial charge in [-0.2, -0.15) is 0 Å². The van der Waals surface area contributed by atoms with Gasteiger partial charge in [0.25, 0.3) is 0 Å². The van der Waals surface area contributed by atoms with Crippen molar-refractivity contribution in [2.24, 2.45) is 0 Å². The molecular weight excluding hydrogens is 324 g/mol. The van der Waals surface area contributed by atoms with Crippen molar-refractivity contribution in [1.82, 2.24) is 9.88 Å². The second-order valence-corrected chi connectivity index (χ2v) is 8.00. The van der Waals surface area contributed by atoms with Crippen LogP contribution in [0, 0.1) is 0 Å². The summed E-state index contributed by atoms with van der Waals surface area (Å²) in [6.07, 6.45) is 3.48. The van der Waals surface area contributed by atoms with Gasteiger partial charge >= 0.3 is 0 Å². The van der Waals surface area contributed by atoms with Crippen LogP contribution in [0.4, 0.5) is 0 Å². The molecule has 0 radical (unpaired) electrons. The molecule has 1 aliphatic rings. The Morgan fingerprint density at radius 2 is 2.38 bits per heavy atom. The van der Waals surface area contributed by atoms with Crippen LogP contribution < -0.4 is 0 Å². The van der Waals surface area contributed by atoms with Gasteiger partial charge in [0.2, 0.25) is 5.91 Å². The number of piperidine rings is 1. The normalized spacial score (nSPS) is 19.1. The van der Waals surface area contributed by atoms with Gasteiger partial charge in [-0.1, -0.05) is 23.4 Å². The molecule has 2 heterocycles. The summed E-state index contributed by atoms with van der Waals surface area (Å²) in [4.78, 5) is 18.9. The molecule has 1 atom stereocenters. The molecule has 3 nitrogen and oxygen atoms in total. The van der Waals surface area contributed by atoms with Gasteiger partial charge in [-0.3, -0.25) is 4.79 Å². The molecule has 3 rings (SSSR count). The topological polar surface area (TPSA) is 33.2 Å². The van der Waals surface area contributed by atoms with Gasteiger partial charge in [0.1, 0.15) is 0 Å². The first-order chi connectivity index (χ1) is 10.1. The molecule has 1 unspecified atom stereocenters. The van der Waals surface area contributed by atoms with Gasteiger partial charge < -0.3 is 4.90 Å². The quantitative estimate of drug-likeness (QED) is 0.774. The molecule has 0 saturated carbocycles. The van der Waals surface area contributed by atoms with Crippen LogP contribution >= 0.6 is 34.7 Å². The molecule has 0 N–H and O–H groups in total. The van der Waals surface area contributed by atoms with Crippen molar-refractivity contribution in [2.45, 2.75) is 36.6 Å². The van der Waals surface area contributed by atoms with Crippen molar-refractivity contribution in [2.75, 3.05) is 12.3 Å². The number of amides is 1. The lowest BCUT2D eigenvalue weighted by molar-refractivity contribution is -0.131. The Labute approximate surface area is 137 Å². The SMILES string of the molecule is CC1CCCCN1C(=O)CSc1nc2cc(Cl)ccc2s1. The average Bonchev–Trinajstić information content (AvgIpc) is 2.87. The molecule has 0 aliphatic carbocycles. The zero-order chi connectivity index (χ0) is 14.8. The van der Waals surface area contributed by atoms with E-state index in [0.29, 0.717) is 16.8 Å². The van der Waals surface area contributed by atoms with E-state index >= 15 is 0 Å². The number of likely N-dealkylation sites (tertiary alicyclic amines) is 1. The molecule has 1 aromatic heterocycles. The number of aromatic nitrogens is 1. The fourth-order valence-corrected chi connectivity index (χ4v) is 4.72. The molecule has 1 fully saturated rings. The molecule has 6 heteroatoms. The predicted octanol–water partition coefficient (Wildman–Crippen LogP) is 4.44. The lowest BCUT2D eigenvalue weighted by Gasteiger charge is -2.33. The number of carbonyl (C=O) groups excluding carboxylic acids is 1. The van der Waals surface area contributed by atoms with E-state index in [9.17, 15) is 4.79 Å². The van der Waals surface area contributed by atoms with Crippen molar-refractivity contribution in [1.29, 1.82) is 0 Å². The van der Waals surface area contributed by atoms with E-state index in [2.05, 4.69) is 11.9 Å². The number of fused-ring (bicyclic) bond motifs is 1. The van der Waals surface area contributed by atoms with Gasteiger partial charge in [-0.05, 0) is 44.4 Å². The van der Waals surface area contributed by atoms with Crippen LogP contribution in [-0.4, -0.2) is 34.1 Å². The molecule has 1 saturated heterocycles. The van der Waals surface area contributed by atoms with Crippen molar-refractivity contribution < 1.29 is 4.79 Å². The number of hydrogen-bond donors (Lipinski definition) is 0. The number of benzene rings is 1. The van der Waals surface area contributed by atoms with Crippen LogP contribution in [0.2, 0.25) is 5.02 Å². The summed E-state index contributed by atoms with van der Waals surface area (Å²) in [6, 6.07) is 6.10. The van der Waals surface area contributed by atoms with Gasteiger partial charge in [0.05, 0.1) is 16.0 Å². The molecule has 0 spiro atoms. The summed E-state index contributed by atoms with van der Waals surface area (Å²) in [5.41, 5.74) is 0.911. The van der Waals surface area contributed by atoms with E-state index in [1.54, 1.807) is 11.3 Å². The first kappa shape index (κ1) is 15.1. The molecule has 0 bridgehead atoms. The Bertz CT molecular complexity index is 658. The van der Waals surface area contributed by atoms with Gasteiger partial charge in [-0.25, -0.2) is 4.98 Å². The minimum Gasteiger partial charge on any atom is -0.339 e. The lowest BCUT2D eigenvalue weighted by atomic mass is 10.0. The van der Waals surface area contributed by atoms with E-state index in [1.807, 2.05) is 23.1 Å². The van der Waals surface area contributed by atoms with Gasteiger partial charge in [-0.15, -0.1) is 11.3 Å². The van der Waals surface area contributed by atoms with Crippen molar-refractivity contribution in [3.63, 3.8) is 0 Å². The minimum atomic E-state index is 0.226. The van der Waals surface area contributed by atoms with E-state index in [1.165, 1.54) is 18.2 Å². The molecule has 21 heavy (non-hydrogen) atoms. The Balaban J connectivity index is 1.64. The Kier molecular flexibility index (Phi) is 4.72. The number of nitrogens with zero attached hydrogens (tertiary/aromatic N) is 2. The summed E-state index contributed by atoms with van der Waals surface area (Å²) in [6.45, 7) is 3.04. The Hall–Kier alpha value is -0.780. The highest BCUT2D eigenvalue weighted by Crippen LogP contribution is 2.31. The monoisotopic (exact) mass is 340 g/mol. The van der Waals surface area contributed by atoms with Crippen LogP contribution in [0.5, 0.6) is 0 Å².